The minimum atomic E-state index is -1.46. The number of hydrogen-bond donors (Lipinski definition) is 2. The van der Waals surface area contributed by atoms with Gasteiger partial charge in [0.2, 0.25) is 0 Å². The van der Waals surface area contributed by atoms with E-state index < -0.39 is 41.4 Å². The van der Waals surface area contributed by atoms with E-state index in [1.165, 1.54) is 10.8 Å². The van der Waals surface area contributed by atoms with Crippen LogP contribution in [0.3, 0.4) is 0 Å². The number of carbonyl (C=O) groups is 1. The largest absolute Gasteiger partial charge is 0.443 e. The van der Waals surface area contributed by atoms with Gasteiger partial charge in [-0.2, -0.15) is 5.06 Å². The molecule has 2 saturated heterocycles. The number of hydroxylamine groups is 2. The van der Waals surface area contributed by atoms with Gasteiger partial charge < -0.3 is 19.3 Å². The molecule has 206 valence electrons. The summed E-state index contributed by atoms with van der Waals surface area (Å²) in [7, 11) is 0. The molecule has 0 radical (unpaired) electrons. The minimum absolute atomic E-state index is 0.0385. The number of aliphatic hydroxyl groups excluding tert-OH is 1. The lowest BCUT2D eigenvalue weighted by molar-refractivity contribution is -0.207. The molecule has 2 aliphatic heterocycles. The second-order valence-corrected chi connectivity index (χ2v) is 9.84. The highest BCUT2D eigenvalue weighted by molar-refractivity contribution is 5.66. The molecule has 0 unspecified atom stereocenters. The lowest BCUT2D eigenvalue weighted by Crippen LogP contribution is -2.60. The first-order valence-electron chi connectivity index (χ1n) is 12.7. The lowest BCUT2D eigenvalue weighted by atomic mass is 9.80. The van der Waals surface area contributed by atoms with Crippen LogP contribution >= 0.6 is 0 Å². The monoisotopic (exact) mass is 537 g/mol. The van der Waals surface area contributed by atoms with Crippen LogP contribution in [0.2, 0.25) is 0 Å². The number of nitrogens with zero attached hydrogens (tertiary/aromatic N) is 2. The maximum atomic E-state index is 13.0. The maximum Gasteiger partial charge on any atom is 0.434 e. The topological polar surface area (TPSA) is 132 Å². The molecule has 11 nitrogen and oxygen atoms in total. The van der Waals surface area contributed by atoms with Crippen LogP contribution in [0.4, 0.5) is 4.79 Å². The van der Waals surface area contributed by atoms with E-state index >= 15 is 0 Å². The molecule has 5 rings (SSSR count). The van der Waals surface area contributed by atoms with Gasteiger partial charge in [-0.3, -0.25) is 19.2 Å². The van der Waals surface area contributed by atoms with E-state index in [0.29, 0.717) is 5.56 Å². The zero-order valence-electron chi connectivity index (χ0n) is 21.6. The summed E-state index contributed by atoms with van der Waals surface area (Å²) in [6.45, 7) is 1.17. The summed E-state index contributed by atoms with van der Waals surface area (Å²) >= 11 is 0. The fraction of sp³-hybridized carbons (Fsp3) is 0.393. The number of H-pyrrole nitrogens is 1. The molecule has 3 heterocycles. The van der Waals surface area contributed by atoms with Crippen LogP contribution in [0.5, 0.6) is 0 Å². The normalized spacial score (nSPS) is 24.7. The molecule has 0 saturated carbocycles. The molecule has 3 atom stereocenters. The van der Waals surface area contributed by atoms with Gasteiger partial charge in [-0.25, -0.2) is 9.59 Å². The second kappa shape index (κ2) is 11.1. The number of amides is 1. The molecule has 2 aromatic carbocycles. The van der Waals surface area contributed by atoms with Crippen molar-refractivity contribution in [3.8, 4) is 0 Å². The van der Waals surface area contributed by atoms with Gasteiger partial charge >= 0.3 is 11.8 Å². The summed E-state index contributed by atoms with van der Waals surface area (Å²) in [4.78, 5) is 45.8. The Kier molecular flexibility index (Phi) is 7.67. The number of ether oxygens (including phenoxy) is 3. The van der Waals surface area contributed by atoms with Gasteiger partial charge in [-0.1, -0.05) is 60.7 Å². The number of aromatic nitrogens is 2. The first-order valence-corrected chi connectivity index (χ1v) is 12.7. The number of aryl methyl sites for hydroxylation is 1. The third-order valence-corrected chi connectivity index (χ3v) is 7.33. The molecule has 2 fully saturated rings. The van der Waals surface area contributed by atoms with Gasteiger partial charge in [0.1, 0.15) is 24.0 Å². The lowest BCUT2D eigenvalue weighted by Gasteiger charge is -2.41. The smallest absolute Gasteiger partial charge is 0.434 e. The van der Waals surface area contributed by atoms with E-state index in [4.69, 9.17) is 19.0 Å². The maximum absolute atomic E-state index is 13.0. The Balaban J connectivity index is 1.45. The van der Waals surface area contributed by atoms with Crippen molar-refractivity contribution < 1.29 is 28.9 Å². The summed E-state index contributed by atoms with van der Waals surface area (Å²) in [5, 5.41) is 11.8. The molecular weight excluding hydrogens is 506 g/mol. The average molecular weight is 538 g/mol. The van der Waals surface area contributed by atoms with Crippen molar-refractivity contribution in [1.82, 2.24) is 14.6 Å². The molecular formula is C28H31N3O8. The molecule has 2 N–H and O–H groups in total. The SMILES string of the molecule is Cc1cn([C@H]2C[C@@]3(OCc4ccccc4)CCON(C(=O)OCc4ccccc4)C[C@]3(CO)O2)c(=O)[nH]c1=O. The Bertz CT molecular complexity index is 1410. The standard InChI is InChI=1S/C28H31N3O8/c1-20-15-30(25(34)29-24(20)33)23-14-27(37-17-22-10-6-3-7-11-22)12-13-38-31(18-28(27,19-32)39-23)26(35)36-16-21-8-4-2-5-9-21/h2-11,15,23,32H,12-14,16-19H2,1H3,(H,29,33,34)/t23-,27+,28-/m1/s1. The van der Waals surface area contributed by atoms with E-state index in [1.54, 1.807) is 6.92 Å². The second-order valence-electron chi connectivity index (χ2n) is 9.84. The van der Waals surface area contributed by atoms with E-state index in [9.17, 15) is 19.5 Å². The van der Waals surface area contributed by atoms with Gasteiger partial charge in [0.05, 0.1) is 26.4 Å². The summed E-state index contributed by atoms with van der Waals surface area (Å²) in [5.74, 6) is 0. The van der Waals surface area contributed by atoms with Crippen LogP contribution in [0.1, 0.15) is 35.8 Å². The van der Waals surface area contributed by atoms with E-state index in [-0.39, 0.29) is 39.2 Å². The first-order chi connectivity index (χ1) is 18.8. The predicted octanol–water partition coefficient (Wildman–Crippen LogP) is 2.42. The molecule has 3 aromatic rings. The van der Waals surface area contributed by atoms with Crippen LogP contribution in [-0.2, 0) is 32.3 Å². The number of aliphatic hydroxyl groups is 1. The quantitative estimate of drug-likeness (QED) is 0.470. The molecule has 2 aliphatic rings. The Morgan fingerprint density at radius 2 is 1.74 bits per heavy atom. The predicted molar refractivity (Wildman–Crippen MR) is 138 cm³/mol. The Labute approximate surface area is 224 Å². The molecule has 39 heavy (non-hydrogen) atoms. The van der Waals surface area contributed by atoms with Gasteiger partial charge in [0.25, 0.3) is 5.56 Å². The van der Waals surface area contributed by atoms with E-state index in [2.05, 4.69) is 4.98 Å². The van der Waals surface area contributed by atoms with Gasteiger partial charge in [0.15, 0.2) is 0 Å². The van der Waals surface area contributed by atoms with Crippen LogP contribution in [-0.4, -0.2) is 56.8 Å². The number of fused-ring (bicyclic) bond motifs is 1. The minimum Gasteiger partial charge on any atom is -0.443 e. The fourth-order valence-corrected chi connectivity index (χ4v) is 5.14. The summed E-state index contributed by atoms with van der Waals surface area (Å²) in [6.07, 6.45) is 0.236. The van der Waals surface area contributed by atoms with E-state index in [1.807, 2.05) is 60.7 Å². The number of rotatable bonds is 7. The third kappa shape index (κ3) is 5.39. The molecule has 1 aromatic heterocycles. The van der Waals surface area contributed by atoms with Gasteiger partial charge in [0, 0.05) is 24.6 Å². The van der Waals surface area contributed by atoms with E-state index in [0.717, 1.165) is 16.2 Å². The van der Waals surface area contributed by atoms with Crippen molar-refractivity contribution in [2.45, 2.75) is 50.4 Å². The fourth-order valence-electron chi connectivity index (χ4n) is 5.14. The van der Waals surface area contributed by atoms with Gasteiger partial charge in [-0.05, 0) is 18.1 Å². The van der Waals surface area contributed by atoms with Crippen LogP contribution < -0.4 is 11.2 Å². The highest BCUT2D eigenvalue weighted by atomic mass is 16.7. The number of aromatic amines is 1. The van der Waals surface area contributed by atoms with Gasteiger partial charge in [-0.15, -0.1) is 0 Å². The van der Waals surface area contributed by atoms with Crippen molar-refractivity contribution in [1.29, 1.82) is 0 Å². The zero-order valence-corrected chi connectivity index (χ0v) is 21.6. The van der Waals surface area contributed by atoms with Crippen molar-refractivity contribution >= 4 is 6.09 Å². The summed E-state index contributed by atoms with van der Waals surface area (Å²) in [5.41, 5.74) is -1.69. The molecule has 0 aliphatic carbocycles. The van der Waals surface area contributed by atoms with Crippen molar-refractivity contribution in [2.24, 2.45) is 0 Å². The third-order valence-electron chi connectivity index (χ3n) is 7.33. The Morgan fingerprint density at radius 1 is 1.08 bits per heavy atom. The van der Waals surface area contributed by atoms with Crippen molar-refractivity contribution in [2.75, 3.05) is 19.8 Å². The number of hydrogen-bond acceptors (Lipinski definition) is 8. The Hall–Kier alpha value is -3.77. The Morgan fingerprint density at radius 3 is 2.41 bits per heavy atom. The zero-order chi connectivity index (χ0) is 27.5. The average Bonchev–Trinajstić information content (AvgIpc) is 3.18. The summed E-state index contributed by atoms with van der Waals surface area (Å²) < 4.78 is 19.7. The highest BCUT2D eigenvalue weighted by Crippen LogP contribution is 2.50. The molecule has 1 amide bonds. The van der Waals surface area contributed by atoms with Crippen molar-refractivity contribution in [3.63, 3.8) is 0 Å². The van der Waals surface area contributed by atoms with Crippen LogP contribution in [0.25, 0.3) is 0 Å². The number of benzene rings is 2. The summed E-state index contributed by atoms with van der Waals surface area (Å²) in [6, 6.07) is 18.8. The number of nitrogens with one attached hydrogen (secondary N) is 1. The molecule has 0 bridgehead atoms. The highest BCUT2D eigenvalue weighted by Gasteiger charge is 2.63. The van der Waals surface area contributed by atoms with Crippen molar-refractivity contribution in [3.05, 3.63) is 104 Å². The van der Waals surface area contributed by atoms with Crippen LogP contribution in [0, 0.1) is 6.92 Å². The first kappa shape index (κ1) is 26.8. The molecule has 0 spiro atoms. The molecule has 11 heteroatoms. The number of carbonyl (C=O) groups excluding carboxylic acids is 1. The van der Waals surface area contributed by atoms with Crippen LogP contribution in [0.15, 0.2) is 76.4 Å².